The number of benzene rings is 1. The number of nitrogens with one attached hydrogen (secondary N) is 2. The predicted octanol–water partition coefficient (Wildman–Crippen LogP) is 3.28. The number of nitrogens with zero attached hydrogens (tertiary/aromatic N) is 3. The minimum absolute atomic E-state index is 0.281. The van der Waals surface area contributed by atoms with Crippen LogP contribution >= 0.6 is 0 Å². The van der Waals surface area contributed by atoms with E-state index < -0.39 is 10.2 Å². The summed E-state index contributed by atoms with van der Waals surface area (Å²) in [4.78, 5) is 6.58. The van der Waals surface area contributed by atoms with Gasteiger partial charge in [-0.25, -0.2) is 4.98 Å². The molecule has 2 N–H and O–H groups in total. The molecule has 0 amide bonds. The van der Waals surface area contributed by atoms with Gasteiger partial charge in [-0.05, 0) is 55.2 Å². The summed E-state index contributed by atoms with van der Waals surface area (Å²) in [5.41, 5.74) is 3.01. The second-order valence-electron chi connectivity index (χ2n) is 7.16. The molecule has 7 nitrogen and oxygen atoms in total. The largest absolute Gasteiger partial charge is 0.372 e. The van der Waals surface area contributed by atoms with Crippen molar-refractivity contribution >= 4 is 33.1 Å². The highest BCUT2D eigenvalue weighted by molar-refractivity contribution is 7.90. The highest BCUT2D eigenvalue weighted by Crippen LogP contribution is 2.25. The SMILES string of the molecule is CC1CCN(c2ccc(Nc3ccc(NS(=O)(=O)N(C)C)nc3)cc2)CC1. The van der Waals surface area contributed by atoms with Gasteiger partial charge in [0.05, 0.1) is 11.9 Å². The van der Waals surface area contributed by atoms with Gasteiger partial charge in [0.1, 0.15) is 5.82 Å². The molecule has 0 bridgehead atoms. The summed E-state index contributed by atoms with van der Waals surface area (Å²) in [6, 6.07) is 11.8. The van der Waals surface area contributed by atoms with Crippen LogP contribution in [0.5, 0.6) is 0 Å². The average molecular weight is 390 g/mol. The van der Waals surface area contributed by atoms with Gasteiger partial charge >= 0.3 is 10.2 Å². The first-order chi connectivity index (χ1) is 12.8. The van der Waals surface area contributed by atoms with E-state index in [0.29, 0.717) is 0 Å². The molecule has 3 rings (SSSR count). The van der Waals surface area contributed by atoms with Crippen LogP contribution in [0.15, 0.2) is 42.6 Å². The van der Waals surface area contributed by atoms with Gasteiger partial charge in [0.25, 0.3) is 0 Å². The summed E-state index contributed by atoms with van der Waals surface area (Å²) in [5, 5.41) is 3.29. The molecule has 0 atom stereocenters. The normalized spacial score (nSPS) is 15.8. The predicted molar refractivity (Wildman–Crippen MR) is 111 cm³/mol. The number of piperidine rings is 1. The Balaban J connectivity index is 1.60. The third-order valence-corrected chi connectivity index (χ3v) is 6.21. The van der Waals surface area contributed by atoms with Crippen LogP contribution < -0.4 is 14.9 Å². The van der Waals surface area contributed by atoms with Gasteiger partial charge in [-0.15, -0.1) is 0 Å². The number of hydrogen-bond donors (Lipinski definition) is 2. The van der Waals surface area contributed by atoms with E-state index in [1.807, 2.05) is 0 Å². The number of rotatable bonds is 6. The van der Waals surface area contributed by atoms with Crippen molar-refractivity contribution in [1.29, 1.82) is 0 Å². The first kappa shape index (κ1) is 19.4. The molecule has 0 spiro atoms. The van der Waals surface area contributed by atoms with E-state index in [2.05, 4.69) is 51.1 Å². The highest BCUT2D eigenvalue weighted by atomic mass is 32.2. The molecular formula is C19H27N5O2S. The molecule has 2 heterocycles. The minimum Gasteiger partial charge on any atom is -0.372 e. The zero-order valence-corrected chi connectivity index (χ0v) is 16.8. The van der Waals surface area contributed by atoms with Gasteiger partial charge in [0, 0.05) is 38.6 Å². The van der Waals surface area contributed by atoms with Crippen molar-refractivity contribution in [2.45, 2.75) is 19.8 Å². The van der Waals surface area contributed by atoms with Crippen LogP contribution in [0.2, 0.25) is 0 Å². The lowest BCUT2D eigenvalue weighted by Gasteiger charge is -2.32. The van der Waals surface area contributed by atoms with Crippen LogP contribution in [0.3, 0.4) is 0 Å². The number of hydrogen-bond acceptors (Lipinski definition) is 5. The number of pyridine rings is 1. The van der Waals surface area contributed by atoms with Crippen LogP contribution in [-0.2, 0) is 10.2 Å². The van der Waals surface area contributed by atoms with Gasteiger partial charge in [0.15, 0.2) is 0 Å². The molecule has 0 aliphatic carbocycles. The molecule has 27 heavy (non-hydrogen) atoms. The third-order valence-electron chi connectivity index (χ3n) is 4.78. The van der Waals surface area contributed by atoms with Crippen molar-refractivity contribution in [1.82, 2.24) is 9.29 Å². The molecule has 0 radical (unpaired) electrons. The van der Waals surface area contributed by atoms with Crippen LogP contribution in [0.1, 0.15) is 19.8 Å². The Kier molecular flexibility index (Phi) is 5.86. The molecule has 1 aliphatic heterocycles. The molecule has 1 aromatic heterocycles. The molecule has 1 aliphatic rings. The van der Waals surface area contributed by atoms with Gasteiger partial charge < -0.3 is 10.2 Å². The van der Waals surface area contributed by atoms with E-state index in [9.17, 15) is 8.42 Å². The number of aromatic nitrogens is 1. The average Bonchev–Trinajstić information content (AvgIpc) is 2.64. The van der Waals surface area contributed by atoms with E-state index in [1.54, 1.807) is 18.3 Å². The Labute approximate surface area is 161 Å². The van der Waals surface area contributed by atoms with Crippen LogP contribution in [0.4, 0.5) is 22.9 Å². The fourth-order valence-corrected chi connectivity index (χ4v) is 3.51. The van der Waals surface area contributed by atoms with Crippen molar-refractivity contribution in [3.8, 4) is 0 Å². The highest BCUT2D eigenvalue weighted by Gasteiger charge is 2.16. The van der Waals surface area contributed by atoms with Crippen molar-refractivity contribution in [3.63, 3.8) is 0 Å². The maximum atomic E-state index is 11.8. The second-order valence-corrected chi connectivity index (χ2v) is 9.05. The summed E-state index contributed by atoms with van der Waals surface area (Å²) < 4.78 is 27.1. The molecule has 146 valence electrons. The van der Waals surface area contributed by atoms with E-state index in [1.165, 1.54) is 32.6 Å². The van der Waals surface area contributed by atoms with Crippen LogP contribution in [0, 0.1) is 5.92 Å². The lowest BCUT2D eigenvalue weighted by atomic mass is 9.99. The zero-order valence-electron chi connectivity index (χ0n) is 16.0. The van der Waals surface area contributed by atoms with E-state index in [0.717, 1.165) is 34.7 Å². The number of anilines is 4. The third kappa shape index (κ3) is 5.11. The Hall–Kier alpha value is -2.32. The summed E-state index contributed by atoms with van der Waals surface area (Å²) in [6.07, 6.45) is 4.10. The summed E-state index contributed by atoms with van der Waals surface area (Å²) in [6.45, 7) is 4.54. The monoisotopic (exact) mass is 389 g/mol. The lowest BCUT2D eigenvalue weighted by molar-refractivity contribution is 0.438. The molecule has 0 unspecified atom stereocenters. The topological polar surface area (TPSA) is 77.6 Å². The van der Waals surface area contributed by atoms with Crippen molar-refractivity contribution < 1.29 is 8.42 Å². The van der Waals surface area contributed by atoms with Gasteiger partial charge in [0.2, 0.25) is 0 Å². The Bertz CT molecular complexity index is 843. The first-order valence-corrected chi connectivity index (χ1v) is 10.6. The van der Waals surface area contributed by atoms with Crippen LogP contribution in [-0.4, -0.2) is 44.9 Å². The smallest absolute Gasteiger partial charge is 0.302 e. The molecular weight excluding hydrogens is 362 g/mol. The maximum absolute atomic E-state index is 11.8. The van der Waals surface area contributed by atoms with E-state index in [-0.39, 0.29) is 5.82 Å². The van der Waals surface area contributed by atoms with Gasteiger partial charge in [-0.1, -0.05) is 6.92 Å². The summed E-state index contributed by atoms with van der Waals surface area (Å²) in [7, 11) is -0.617. The minimum atomic E-state index is -3.55. The zero-order chi connectivity index (χ0) is 19.4. The van der Waals surface area contributed by atoms with E-state index >= 15 is 0 Å². The Morgan fingerprint density at radius 1 is 1.04 bits per heavy atom. The fraction of sp³-hybridized carbons (Fsp3) is 0.421. The summed E-state index contributed by atoms with van der Waals surface area (Å²) in [5.74, 6) is 1.10. The van der Waals surface area contributed by atoms with Crippen LogP contribution in [0.25, 0.3) is 0 Å². The lowest BCUT2D eigenvalue weighted by Crippen LogP contribution is -2.32. The molecule has 8 heteroatoms. The van der Waals surface area contributed by atoms with E-state index in [4.69, 9.17) is 0 Å². The van der Waals surface area contributed by atoms with Crippen molar-refractivity contribution in [2.24, 2.45) is 5.92 Å². The molecule has 1 aromatic carbocycles. The van der Waals surface area contributed by atoms with Gasteiger partial charge in [-0.3, -0.25) is 4.72 Å². The van der Waals surface area contributed by atoms with Crippen molar-refractivity contribution in [3.05, 3.63) is 42.6 Å². The summed E-state index contributed by atoms with van der Waals surface area (Å²) >= 11 is 0. The van der Waals surface area contributed by atoms with Crippen molar-refractivity contribution in [2.75, 3.05) is 42.1 Å². The second kappa shape index (κ2) is 8.14. The standard InChI is InChI=1S/C19H27N5O2S/c1-15-10-12-24(13-11-15)18-7-4-16(5-8-18)21-17-6-9-19(20-14-17)22-27(25,26)23(2)3/h4-9,14-15,21H,10-13H2,1-3H3,(H,20,22). The van der Waals surface area contributed by atoms with Gasteiger partial charge in [-0.2, -0.15) is 12.7 Å². The molecule has 0 saturated carbocycles. The molecule has 1 fully saturated rings. The first-order valence-electron chi connectivity index (χ1n) is 9.12. The maximum Gasteiger partial charge on any atom is 0.302 e. The Morgan fingerprint density at radius 3 is 2.22 bits per heavy atom. The Morgan fingerprint density at radius 2 is 1.67 bits per heavy atom. The molecule has 2 aromatic rings. The fourth-order valence-electron chi connectivity index (χ4n) is 2.94. The molecule has 1 saturated heterocycles. The quantitative estimate of drug-likeness (QED) is 0.793.